The van der Waals surface area contributed by atoms with Crippen LogP contribution < -0.4 is 11.1 Å². The van der Waals surface area contributed by atoms with Crippen molar-refractivity contribution in [3.8, 4) is 0 Å². The molecule has 2 rings (SSSR count). The topological polar surface area (TPSA) is 68.0 Å². The second-order valence-corrected chi connectivity index (χ2v) is 5.17. The van der Waals surface area contributed by atoms with Gasteiger partial charge in [0, 0.05) is 16.6 Å². The first kappa shape index (κ1) is 12.6. The summed E-state index contributed by atoms with van der Waals surface area (Å²) >= 11 is 1.58. The Bertz CT molecular complexity index is 577. The lowest BCUT2D eigenvalue weighted by Crippen LogP contribution is -2.23. The van der Waals surface area contributed by atoms with Crippen molar-refractivity contribution in [2.75, 3.05) is 5.73 Å². The van der Waals surface area contributed by atoms with Crippen LogP contribution in [0, 0.1) is 13.8 Å². The van der Waals surface area contributed by atoms with Gasteiger partial charge in [-0.25, -0.2) is 4.98 Å². The van der Waals surface area contributed by atoms with Crippen LogP contribution in [0.2, 0.25) is 0 Å². The summed E-state index contributed by atoms with van der Waals surface area (Å²) < 4.78 is 0. The predicted molar refractivity (Wildman–Crippen MR) is 73.6 cm³/mol. The van der Waals surface area contributed by atoms with Crippen molar-refractivity contribution in [1.82, 2.24) is 10.3 Å². The quantitative estimate of drug-likeness (QED) is 0.833. The number of nitrogens with two attached hydrogens (primary N) is 1. The van der Waals surface area contributed by atoms with Crippen LogP contribution in [0.5, 0.6) is 0 Å². The van der Waals surface area contributed by atoms with E-state index in [-0.39, 0.29) is 5.91 Å². The van der Waals surface area contributed by atoms with E-state index >= 15 is 0 Å². The third kappa shape index (κ3) is 2.87. The zero-order chi connectivity index (χ0) is 13.1. The van der Waals surface area contributed by atoms with Gasteiger partial charge in [-0.15, -0.1) is 11.3 Å². The molecule has 0 bridgehead atoms. The van der Waals surface area contributed by atoms with Crippen LogP contribution in [-0.4, -0.2) is 10.9 Å². The molecule has 94 valence electrons. The maximum atomic E-state index is 11.9. The van der Waals surface area contributed by atoms with Gasteiger partial charge in [-0.3, -0.25) is 4.79 Å². The summed E-state index contributed by atoms with van der Waals surface area (Å²) in [5.74, 6) is -0.108. The van der Waals surface area contributed by atoms with E-state index in [1.807, 2.05) is 19.2 Å². The van der Waals surface area contributed by atoms with E-state index in [4.69, 9.17) is 5.73 Å². The van der Waals surface area contributed by atoms with Gasteiger partial charge >= 0.3 is 0 Å². The normalized spacial score (nSPS) is 10.3. The number of aromatic nitrogens is 1. The van der Waals surface area contributed by atoms with Crippen LogP contribution in [0.4, 0.5) is 5.69 Å². The lowest BCUT2D eigenvalue weighted by Gasteiger charge is -2.05. The average molecular weight is 261 g/mol. The molecule has 1 heterocycles. The molecular formula is C13H15N3OS. The molecule has 0 unspecified atom stereocenters. The lowest BCUT2D eigenvalue weighted by atomic mass is 10.1. The number of carbonyl (C=O) groups is 1. The highest BCUT2D eigenvalue weighted by Crippen LogP contribution is 2.13. The highest BCUT2D eigenvalue weighted by molar-refractivity contribution is 7.09. The van der Waals surface area contributed by atoms with E-state index in [2.05, 4.69) is 10.3 Å². The molecule has 0 aliphatic rings. The van der Waals surface area contributed by atoms with Gasteiger partial charge in [0.1, 0.15) is 0 Å². The van der Waals surface area contributed by atoms with E-state index < -0.39 is 0 Å². The van der Waals surface area contributed by atoms with Crippen LogP contribution in [0.1, 0.15) is 26.6 Å². The smallest absolute Gasteiger partial charge is 0.251 e. The number of rotatable bonds is 3. The molecule has 1 amide bonds. The van der Waals surface area contributed by atoms with Crippen LogP contribution >= 0.6 is 11.3 Å². The number of amides is 1. The summed E-state index contributed by atoms with van der Waals surface area (Å²) in [5.41, 5.74) is 8.83. The number of nitrogen functional groups attached to an aromatic ring is 1. The Balaban J connectivity index is 2.01. The van der Waals surface area contributed by atoms with E-state index in [1.54, 1.807) is 29.5 Å². The summed E-state index contributed by atoms with van der Waals surface area (Å²) in [6.07, 6.45) is 0. The second-order valence-electron chi connectivity index (χ2n) is 4.11. The fourth-order valence-electron chi connectivity index (χ4n) is 1.58. The molecule has 3 N–H and O–H groups in total. The Kier molecular flexibility index (Phi) is 3.62. The van der Waals surface area contributed by atoms with Gasteiger partial charge in [0.15, 0.2) is 0 Å². The largest absolute Gasteiger partial charge is 0.399 e. The molecule has 0 saturated carbocycles. The number of thiazole rings is 1. The average Bonchev–Trinajstić information content (AvgIpc) is 2.75. The van der Waals surface area contributed by atoms with E-state index in [0.29, 0.717) is 17.8 Å². The maximum Gasteiger partial charge on any atom is 0.251 e. The summed E-state index contributed by atoms with van der Waals surface area (Å²) in [5, 5.41) is 5.79. The van der Waals surface area contributed by atoms with Crippen molar-refractivity contribution in [3.63, 3.8) is 0 Å². The van der Waals surface area contributed by atoms with Gasteiger partial charge in [0.05, 0.1) is 17.2 Å². The molecule has 1 aromatic carbocycles. The standard InChI is InChI=1S/C13H15N3OS/c1-8-5-10(3-4-12(8)14)13(17)15-6-11-7-18-9(2)16-11/h3-5,7H,6,14H2,1-2H3,(H,15,17). The van der Waals surface area contributed by atoms with E-state index in [9.17, 15) is 4.79 Å². The number of hydrogen-bond donors (Lipinski definition) is 2. The van der Waals surface area contributed by atoms with E-state index in [0.717, 1.165) is 16.3 Å². The third-order valence-electron chi connectivity index (χ3n) is 2.63. The molecule has 2 aromatic rings. The predicted octanol–water partition coefficient (Wildman–Crippen LogP) is 2.27. The Morgan fingerprint density at radius 3 is 2.83 bits per heavy atom. The maximum absolute atomic E-state index is 11.9. The SMILES string of the molecule is Cc1nc(CNC(=O)c2ccc(N)c(C)c2)cs1. The Morgan fingerprint density at radius 1 is 1.44 bits per heavy atom. The molecule has 4 nitrogen and oxygen atoms in total. The Morgan fingerprint density at radius 2 is 2.22 bits per heavy atom. The first-order valence-electron chi connectivity index (χ1n) is 5.61. The number of anilines is 1. The van der Waals surface area contributed by atoms with Crippen LogP contribution in [0.15, 0.2) is 23.6 Å². The number of carbonyl (C=O) groups excluding carboxylic acids is 1. The van der Waals surface area contributed by atoms with Gasteiger partial charge in [-0.2, -0.15) is 0 Å². The zero-order valence-electron chi connectivity index (χ0n) is 10.4. The summed E-state index contributed by atoms with van der Waals surface area (Å²) in [6, 6.07) is 5.26. The summed E-state index contributed by atoms with van der Waals surface area (Å²) in [7, 11) is 0. The minimum atomic E-state index is -0.108. The molecule has 1 aromatic heterocycles. The molecule has 0 aliphatic carbocycles. The van der Waals surface area contributed by atoms with Crippen LogP contribution in [0.3, 0.4) is 0 Å². The second kappa shape index (κ2) is 5.18. The molecule has 0 radical (unpaired) electrons. The molecule has 0 fully saturated rings. The van der Waals surface area contributed by atoms with Gasteiger partial charge in [-0.05, 0) is 37.6 Å². The number of nitrogens with zero attached hydrogens (tertiary/aromatic N) is 1. The van der Waals surface area contributed by atoms with Crippen molar-refractivity contribution in [3.05, 3.63) is 45.4 Å². The van der Waals surface area contributed by atoms with Crippen molar-refractivity contribution >= 4 is 22.9 Å². The first-order chi connectivity index (χ1) is 8.56. The minimum absolute atomic E-state index is 0.108. The molecule has 5 heteroatoms. The lowest BCUT2D eigenvalue weighted by molar-refractivity contribution is 0.0950. The van der Waals surface area contributed by atoms with Crippen LogP contribution in [0.25, 0.3) is 0 Å². The molecular weight excluding hydrogens is 246 g/mol. The van der Waals surface area contributed by atoms with Gasteiger partial charge in [0.25, 0.3) is 5.91 Å². The fourth-order valence-corrected chi connectivity index (χ4v) is 2.19. The highest BCUT2D eigenvalue weighted by atomic mass is 32.1. The van der Waals surface area contributed by atoms with Crippen molar-refractivity contribution in [2.24, 2.45) is 0 Å². The monoisotopic (exact) mass is 261 g/mol. The van der Waals surface area contributed by atoms with E-state index in [1.165, 1.54) is 0 Å². The number of benzene rings is 1. The summed E-state index contributed by atoms with van der Waals surface area (Å²) in [4.78, 5) is 16.2. The molecule has 18 heavy (non-hydrogen) atoms. The molecule has 0 aliphatic heterocycles. The molecule has 0 spiro atoms. The number of hydrogen-bond acceptors (Lipinski definition) is 4. The molecule has 0 saturated heterocycles. The fraction of sp³-hybridized carbons (Fsp3) is 0.231. The molecule has 0 atom stereocenters. The van der Waals surface area contributed by atoms with Gasteiger partial charge < -0.3 is 11.1 Å². The summed E-state index contributed by atoms with van der Waals surface area (Å²) in [6.45, 7) is 4.28. The zero-order valence-corrected chi connectivity index (χ0v) is 11.2. The first-order valence-corrected chi connectivity index (χ1v) is 6.49. The van der Waals surface area contributed by atoms with Crippen LogP contribution in [-0.2, 0) is 6.54 Å². The highest BCUT2D eigenvalue weighted by Gasteiger charge is 2.07. The van der Waals surface area contributed by atoms with Crippen molar-refractivity contribution in [2.45, 2.75) is 20.4 Å². The number of nitrogens with one attached hydrogen (secondary N) is 1. The van der Waals surface area contributed by atoms with Crippen molar-refractivity contribution < 1.29 is 4.79 Å². The van der Waals surface area contributed by atoms with Gasteiger partial charge in [0.2, 0.25) is 0 Å². The van der Waals surface area contributed by atoms with Gasteiger partial charge in [-0.1, -0.05) is 0 Å². The minimum Gasteiger partial charge on any atom is -0.399 e. The third-order valence-corrected chi connectivity index (χ3v) is 3.45. The van der Waals surface area contributed by atoms with Crippen molar-refractivity contribution in [1.29, 1.82) is 0 Å². The Labute approximate surface area is 110 Å². The Hall–Kier alpha value is -1.88. The number of aryl methyl sites for hydroxylation is 2.